The summed E-state index contributed by atoms with van der Waals surface area (Å²) in [6.45, 7) is 3.37. The van der Waals surface area contributed by atoms with Crippen molar-refractivity contribution in [2.45, 2.75) is 6.42 Å². The lowest BCUT2D eigenvalue weighted by Crippen LogP contribution is -2.27. The van der Waals surface area contributed by atoms with Crippen molar-refractivity contribution in [1.82, 2.24) is 10.3 Å². The Balaban J connectivity index is 1.97. The van der Waals surface area contributed by atoms with Gasteiger partial charge in [-0.25, -0.2) is 4.98 Å². The van der Waals surface area contributed by atoms with Crippen LogP contribution >= 0.6 is 15.9 Å². The molecule has 1 N–H and O–H groups in total. The van der Waals surface area contributed by atoms with E-state index in [4.69, 9.17) is 0 Å². The van der Waals surface area contributed by atoms with E-state index in [2.05, 4.69) is 38.2 Å². The van der Waals surface area contributed by atoms with Crippen LogP contribution < -0.4 is 10.2 Å². The van der Waals surface area contributed by atoms with Gasteiger partial charge in [0, 0.05) is 13.6 Å². The van der Waals surface area contributed by atoms with Gasteiger partial charge in [0.15, 0.2) is 0 Å². The molecule has 1 fully saturated rings. The SMILES string of the molecule is CN(C[C@@H]1CCNC1)c1cccc(Br)n1. The smallest absolute Gasteiger partial charge is 0.129 e. The van der Waals surface area contributed by atoms with Gasteiger partial charge in [0.05, 0.1) is 0 Å². The van der Waals surface area contributed by atoms with E-state index in [1.165, 1.54) is 6.42 Å². The van der Waals surface area contributed by atoms with Crippen molar-refractivity contribution >= 4 is 21.7 Å². The third kappa shape index (κ3) is 2.92. The summed E-state index contributed by atoms with van der Waals surface area (Å²) in [6.07, 6.45) is 1.28. The maximum atomic E-state index is 4.44. The summed E-state index contributed by atoms with van der Waals surface area (Å²) in [4.78, 5) is 6.66. The summed E-state index contributed by atoms with van der Waals surface area (Å²) in [6, 6.07) is 6.03. The predicted molar refractivity (Wildman–Crippen MR) is 66.2 cm³/mol. The second-order valence-corrected chi connectivity index (χ2v) is 4.87. The van der Waals surface area contributed by atoms with Crippen LogP contribution in [-0.2, 0) is 0 Å². The zero-order valence-electron chi connectivity index (χ0n) is 8.91. The van der Waals surface area contributed by atoms with Crippen LogP contribution in [-0.4, -0.2) is 31.7 Å². The molecule has 0 unspecified atom stereocenters. The molecule has 1 saturated heterocycles. The molecule has 1 aliphatic heterocycles. The van der Waals surface area contributed by atoms with Gasteiger partial charge in [-0.05, 0) is 53.5 Å². The fraction of sp³-hybridized carbons (Fsp3) is 0.545. The molecule has 0 spiro atoms. The highest BCUT2D eigenvalue weighted by Crippen LogP contribution is 2.16. The molecule has 2 rings (SSSR count). The van der Waals surface area contributed by atoms with Crippen LogP contribution in [0.4, 0.5) is 5.82 Å². The fourth-order valence-corrected chi connectivity index (χ4v) is 2.30. The molecule has 0 saturated carbocycles. The quantitative estimate of drug-likeness (QED) is 0.850. The largest absolute Gasteiger partial charge is 0.359 e. The lowest BCUT2D eigenvalue weighted by Gasteiger charge is -2.21. The van der Waals surface area contributed by atoms with E-state index in [-0.39, 0.29) is 0 Å². The first-order valence-corrected chi connectivity index (χ1v) is 6.09. The molecule has 2 heterocycles. The Morgan fingerprint density at radius 2 is 2.47 bits per heavy atom. The maximum Gasteiger partial charge on any atom is 0.129 e. The van der Waals surface area contributed by atoms with Crippen molar-refractivity contribution in [3.05, 3.63) is 22.8 Å². The van der Waals surface area contributed by atoms with E-state index in [1.54, 1.807) is 0 Å². The summed E-state index contributed by atoms with van der Waals surface area (Å²) >= 11 is 3.39. The monoisotopic (exact) mass is 269 g/mol. The molecule has 0 bridgehead atoms. The summed E-state index contributed by atoms with van der Waals surface area (Å²) in [7, 11) is 2.10. The zero-order valence-corrected chi connectivity index (χ0v) is 10.5. The van der Waals surface area contributed by atoms with Gasteiger partial charge in [0.2, 0.25) is 0 Å². The summed E-state index contributed by atoms with van der Waals surface area (Å²) in [5.41, 5.74) is 0. The van der Waals surface area contributed by atoms with Gasteiger partial charge in [0.1, 0.15) is 10.4 Å². The second-order valence-electron chi connectivity index (χ2n) is 4.06. The molecule has 82 valence electrons. The molecule has 15 heavy (non-hydrogen) atoms. The maximum absolute atomic E-state index is 4.44. The minimum absolute atomic E-state index is 0.760. The third-order valence-corrected chi connectivity index (χ3v) is 3.23. The van der Waals surface area contributed by atoms with Crippen LogP contribution in [0.3, 0.4) is 0 Å². The molecule has 4 heteroatoms. The Bertz CT molecular complexity index is 323. The number of pyridine rings is 1. The topological polar surface area (TPSA) is 28.2 Å². The fourth-order valence-electron chi connectivity index (χ4n) is 1.96. The minimum atomic E-state index is 0.760. The Morgan fingerprint density at radius 3 is 3.13 bits per heavy atom. The molecule has 0 radical (unpaired) electrons. The van der Waals surface area contributed by atoms with Gasteiger partial charge in [-0.15, -0.1) is 0 Å². The number of anilines is 1. The standard InChI is InChI=1S/C11H16BrN3/c1-15(8-9-5-6-13-7-9)11-4-2-3-10(12)14-11/h2-4,9,13H,5-8H2,1H3/t9-/m1/s1. The van der Waals surface area contributed by atoms with Crippen molar-refractivity contribution in [2.24, 2.45) is 5.92 Å². The lowest BCUT2D eigenvalue weighted by molar-refractivity contribution is 0.576. The van der Waals surface area contributed by atoms with Crippen molar-refractivity contribution in [1.29, 1.82) is 0 Å². The molecule has 0 aliphatic carbocycles. The first-order chi connectivity index (χ1) is 7.25. The first-order valence-electron chi connectivity index (χ1n) is 5.30. The van der Waals surface area contributed by atoms with Gasteiger partial charge in [-0.3, -0.25) is 0 Å². The zero-order chi connectivity index (χ0) is 10.7. The van der Waals surface area contributed by atoms with Crippen LogP contribution in [0.2, 0.25) is 0 Å². The summed E-state index contributed by atoms with van der Waals surface area (Å²) in [5.74, 6) is 1.80. The van der Waals surface area contributed by atoms with Gasteiger partial charge in [-0.1, -0.05) is 6.07 Å². The Kier molecular flexibility index (Phi) is 3.59. The number of rotatable bonds is 3. The van der Waals surface area contributed by atoms with Gasteiger partial charge in [-0.2, -0.15) is 0 Å². The van der Waals surface area contributed by atoms with E-state index in [1.807, 2.05) is 18.2 Å². The van der Waals surface area contributed by atoms with Crippen LogP contribution in [0.15, 0.2) is 22.8 Å². The highest BCUT2D eigenvalue weighted by molar-refractivity contribution is 9.10. The molecule has 1 aliphatic rings. The molecule has 0 amide bonds. The van der Waals surface area contributed by atoms with Crippen molar-refractivity contribution < 1.29 is 0 Å². The molecule has 1 aromatic heterocycles. The summed E-state index contributed by atoms with van der Waals surface area (Å²) < 4.78 is 0.899. The second kappa shape index (κ2) is 4.94. The number of halogens is 1. The van der Waals surface area contributed by atoms with Crippen LogP contribution in [0.5, 0.6) is 0 Å². The number of hydrogen-bond donors (Lipinski definition) is 1. The van der Waals surface area contributed by atoms with E-state index in [0.717, 1.165) is 36.0 Å². The molecular formula is C11H16BrN3. The molecule has 1 aromatic rings. The Morgan fingerprint density at radius 1 is 1.60 bits per heavy atom. The van der Waals surface area contributed by atoms with Gasteiger partial charge in [0.25, 0.3) is 0 Å². The van der Waals surface area contributed by atoms with Crippen LogP contribution in [0.1, 0.15) is 6.42 Å². The third-order valence-electron chi connectivity index (χ3n) is 2.79. The first kappa shape index (κ1) is 10.9. The highest BCUT2D eigenvalue weighted by Gasteiger charge is 2.16. The molecule has 1 atom stereocenters. The molecule has 3 nitrogen and oxygen atoms in total. The van der Waals surface area contributed by atoms with Gasteiger partial charge >= 0.3 is 0 Å². The highest BCUT2D eigenvalue weighted by atomic mass is 79.9. The summed E-state index contributed by atoms with van der Waals surface area (Å²) in [5, 5.41) is 3.38. The van der Waals surface area contributed by atoms with Crippen molar-refractivity contribution in [2.75, 3.05) is 31.6 Å². The van der Waals surface area contributed by atoms with Crippen molar-refractivity contribution in [3.63, 3.8) is 0 Å². The minimum Gasteiger partial charge on any atom is -0.359 e. The van der Waals surface area contributed by atoms with E-state index in [9.17, 15) is 0 Å². The number of aromatic nitrogens is 1. The number of hydrogen-bond acceptors (Lipinski definition) is 3. The number of nitrogens with one attached hydrogen (secondary N) is 1. The number of nitrogens with zero attached hydrogens (tertiary/aromatic N) is 2. The molecule has 0 aromatic carbocycles. The van der Waals surface area contributed by atoms with Crippen LogP contribution in [0, 0.1) is 5.92 Å². The average molecular weight is 270 g/mol. The molecular weight excluding hydrogens is 254 g/mol. The van der Waals surface area contributed by atoms with Crippen molar-refractivity contribution in [3.8, 4) is 0 Å². The van der Waals surface area contributed by atoms with E-state index in [0.29, 0.717) is 0 Å². The van der Waals surface area contributed by atoms with Crippen LogP contribution in [0.25, 0.3) is 0 Å². The van der Waals surface area contributed by atoms with Gasteiger partial charge < -0.3 is 10.2 Å². The Hall–Kier alpha value is -0.610. The Labute approximate surface area is 99.0 Å². The average Bonchev–Trinajstić information content (AvgIpc) is 2.70. The van der Waals surface area contributed by atoms with E-state index >= 15 is 0 Å². The van der Waals surface area contributed by atoms with E-state index < -0.39 is 0 Å². The normalized spacial score (nSPS) is 20.5. The predicted octanol–water partition coefficient (Wildman–Crippen LogP) is 1.89. The lowest BCUT2D eigenvalue weighted by atomic mass is 10.1.